The van der Waals surface area contributed by atoms with Crippen molar-refractivity contribution in [3.05, 3.63) is 101 Å². The first-order valence-electron chi connectivity index (χ1n) is 13.6. The van der Waals surface area contributed by atoms with E-state index >= 15 is 0 Å². The fourth-order valence-corrected chi connectivity index (χ4v) is 5.64. The summed E-state index contributed by atoms with van der Waals surface area (Å²) >= 11 is 0. The average molecular weight is 569 g/mol. The van der Waals surface area contributed by atoms with Crippen molar-refractivity contribution in [3.8, 4) is 28.2 Å². The Balaban J connectivity index is 1.56. The maximum Gasteiger partial charge on any atom is 0.416 e. The molecule has 0 fully saturated rings. The van der Waals surface area contributed by atoms with E-state index in [1.54, 1.807) is 18.5 Å². The van der Waals surface area contributed by atoms with Gasteiger partial charge in [0.1, 0.15) is 11.6 Å². The highest BCUT2D eigenvalue weighted by molar-refractivity contribution is 5.99. The smallest absolute Gasteiger partial charge is 0.416 e. The fourth-order valence-electron chi connectivity index (χ4n) is 5.64. The third-order valence-corrected chi connectivity index (χ3v) is 7.64. The van der Waals surface area contributed by atoms with E-state index in [0.29, 0.717) is 40.1 Å². The minimum Gasteiger partial charge on any atom is -0.478 e. The van der Waals surface area contributed by atoms with E-state index in [1.165, 1.54) is 6.07 Å². The number of hydrogen-bond donors (Lipinski definition) is 1. The highest BCUT2D eigenvalue weighted by Gasteiger charge is 2.31. The minimum atomic E-state index is -4.46. The molecule has 0 bridgehead atoms. The molecule has 6 nitrogen and oxygen atoms in total. The predicted molar refractivity (Wildman–Crippen MR) is 157 cm³/mol. The zero-order valence-corrected chi connectivity index (χ0v) is 23.2. The van der Waals surface area contributed by atoms with Crippen LogP contribution < -0.4 is 0 Å². The van der Waals surface area contributed by atoms with Gasteiger partial charge in [-0.2, -0.15) is 13.2 Å². The van der Waals surface area contributed by atoms with Gasteiger partial charge < -0.3 is 9.67 Å². The van der Waals surface area contributed by atoms with Crippen molar-refractivity contribution in [2.45, 2.75) is 32.9 Å². The van der Waals surface area contributed by atoms with Crippen molar-refractivity contribution in [2.24, 2.45) is 7.05 Å². The van der Waals surface area contributed by atoms with E-state index in [-0.39, 0.29) is 11.1 Å². The maximum absolute atomic E-state index is 13.3. The summed E-state index contributed by atoms with van der Waals surface area (Å²) in [5.74, 6) is 0.281. The molecule has 9 heteroatoms. The van der Waals surface area contributed by atoms with Crippen LogP contribution in [0.25, 0.3) is 50.3 Å². The fraction of sp³-hybridized carbons (Fsp3) is 0.182. The summed E-state index contributed by atoms with van der Waals surface area (Å²) in [6.45, 7) is 3.86. The molecule has 0 atom stereocenters. The Bertz CT molecular complexity index is 1990. The van der Waals surface area contributed by atoms with E-state index < -0.39 is 17.7 Å². The molecule has 0 aliphatic heterocycles. The van der Waals surface area contributed by atoms with Crippen molar-refractivity contribution >= 4 is 28.0 Å². The normalized spacial score (nSPS) is 12.0. The summed E-state index contributed by atoms with van der Waals surface area (Å²) < 4.78 is 43.8. The number of carboxylic acids is 1. The van der Waals surface area contributed by atoms with Crippen molar-refractivity contribution in [2.75, 3.05) is 0 Å². The first-order valence-corrected chi connectivity index (χ1v) is 13.6. The summed E-state index contributed by atoms with van der Waals surface area (Å²) in [7, 11) is 1.77. The second-order valence-corrected chi connectivity index (χ2v) is 10.3. The van der Waals surface area contributed by atoms with Gasteiger partial charge in [-0.05, 0) is 72.5 Å². The van der Waals surface area contributed by atoms with Crippen LogP contribution in [0.1, 0.15) is 40.7 Å². The predicted octanol–water partition coefficient (Wildman–Crippen LogP) is 8.22. The molecule has 4 aromatic carbocycles. The molecule has 0 spiro atoms. The number of imidazole rings is 2. The lowest BCUT2D eigenvalue weighted by atomic mass is 9.94. The van der Waals surface area contributed by atoms with Crippen molar-refractivity contribution in [1.29, 1.82) is 0 Å². The van der Waals surface area contributed by atoms with Gasteiger partial charge in [0.15, 0.2) is 0 Å². The van der Waals surface area contributed by atoms with Crippen molar-refractivity contribution in [3.63, 3.8) is 0 Å². The van der Waals surface area contributed by atoms with Gasteiger partial charge in [0, 0.05) is 19.0 Å². The van der Waals surface area contributed by atoms with Gasteiger partial charge in [-0.3, -0.25) is 4.57 Å². The van der Waals surface area contributed by atoms with Crippen LogP contribution in [-0.2, 0) is 19.6 Å². The molecule has 0 amide bonds. The molecular formula is C33H27F3N4O2. The minimum absolute atomic E-state index is 0.218. The van der Waals surface area contributed by atoms with Crippen LogP contribution in [-0.4, -0.2) is 30.2 Å². The highest BCUT2D eigenvalue weighted by atomic mass is 19.4. The molecule has 0 saturated carbocycles. The number of aromatic carboxylic acids is 1. The molecule has 2 aromatic heterocycles. The number of aryl methyl sites for hydroxylation is 2. The lowest BCUT2D eigenvalue weighted by Crippen LogP contribution is -2.09. The zero-order valence-electron chi connectivity index (χ0n) is 23.2. The lowest BCUT2D eigenvalue weighted by molar-refractivity contribution is -0.137. The molecule has 0 unspecified atom stereocenters. The van der Waals surface area contributed by atoms with Gasteiger partial charge in [0.2, 0.25) is 0 Å². The molecule has 212 valence electrons. The molecule has 2 heterocycles. The molecule has 0 aliphatic carbocycles. The Labute approximate surface area is 239 Å². The van der Waals surface area contributed by atoms with Crippen LogP contribution in [0.5, 0.6) is 0 Å². The summed E-state index contributed by atoms with van der Waals surface area (Å²) in [6.07, 6.45) is -2.97. The Hall–Kier alpha value is -4.92. The average Bonchev–Trinajstić information content (AvgIpc) is 3.49. The number of alkyl halides is 3. The standard InChI is InChI=1S/C33H27F3N4O2/c1-4-8-29-37-24-14-11-21(31-38-25-18-22(33(34,35)36)12-15-27(25)39(31)3)17-28(24)40(29)26-16-13-23(20-9-6-5-7-10-20)30(19(26)2)32(41)42/h5-7,9-18H,4,8H2,1-3H3,(H,41,42). The number of hydrogen-bond acceptors (Lipinski definition) is 3. The van der Waals surface area contributed by atoms with E-state index in [0.717, 1.165) is 41.0 Å². The van der Waals surface area contributed by atoms with Gasteiger partial charge in [-0.25, -0.2) is 14.8 Å². The van der Waals surface area contributed by atoms with Gasteiger partial charge in [0.25, 0.3) is 0 Å². The van der Waals surface area contributed by atoms with Crippen LogP contribution in [0, 0.1) is 6.92 Å². The quantitative estimate of drug-likeness (QED) is 0.220. The van der Waals surface area contributed by atoms with Crippen molar-refractivity contribution in [1.82, 2.24) is 19.1 Å². The third kappa shape index (κ3) is 4.51. The first-order chi connectivity index (χ1) is 20.1. The molecule has 1 N–H and O–H groups in total. The van der Waals surface area contributed by atoms with Crippen molar-refractivity contribution < 1.29 is 23.1 Å². The second-order valence-electron chi connectivity index (χ2n) is 10.3. The highest BCUT2D eigenvalue weighted by Crippen LogP contribution is 2.36. The number of aromatic nitrogens is 4. The number of benzene rings is 4. The number of nitrogens with zero attached hydrogens (tertiary/aromatic N) is 4. The Morgan fingerprint density at radius 3 is 2.33 bits per heavy atom. The molecule has 6 aromatic rings. The van der Waals surface area contributed by atoms with E-state index in [1.807, 2.05) is 65.2 Å². The molecule has 0 saturated heterocycles. The van der Waals surface area contributed by atoms with E-state index in [2.05, 4.69) is 11.9 Å². The monoisotopic (exact) mass is 568 g/mol. The molecule has 42 heavy (non-hydrogen) atoms. The summed E-state index contributed by atoms with van der Waals surface area (Å²) in [5, 5.41) is 10.3. The number of carbonyl (C=O) groups is 1. The van der Waals surface area contributed by atoms with Crippen LogP contribution in [0.4, 0.5) is 13.2 Å². The topological polar surface area (TPSA) is 72.9 Å². The second kappa shape index (κ2) is 10.2. The number of carboxylic acid groups (broad SMARTS) is 1. The zero-order chi connectivity index (χ0) is 29.8. The number of rotatable bonds is 6. The maximum atomic E-state index is 13.3. The summed E-state index contributed by atoms with van der Waals surface area (Å²) in [5.41, 5.74) is 5.23. The number of halogens is 3. The summed E-state index contributed by atoms with van der Waals surface area (Å²) in [6, 6.07) is 22.4. The third-order valence-electron chi connectivity index (χ3n) is 7.64. The largest absolute Gasteiger partial charge is 0.478 e. The molecular weight excluding hydrogens is 541 g/mol. The Morgan fingerprint density at radius 1 is 0.881 bits per heavy atom. The molecule has 6 rings (SSSR count). The van der Waals surface area contributed by atoms with E-state index in [9.17, 15) is 23.1 Å². The van der Waals surface area contributed by atoms with Gasteiger partial charge in [-0.1, -0.05) is 43.3 Å². The van der Waals surface area contributed by atoms with Crippen LogP contribution in [0.15, 0.2) is 78.9 Å². The summed E-state index contributed by atoms with van der Waals surface area (Å²) in [4.78, 5) is 22.0. The van der Waals surface area contributed by atoms with Gasteiger partial charge >= 0.3 is 12.1 Å². The molecule has 0 aliphatic rings. The lowest BCUT2D eigenvalue weighted by Gasteiger charge is -2.17. The number of fused-ring (bicyclic) bond motifs is 2. The van der Waals surface area contributed by atoms with Crippen LogP contribution >= 0.6 is 0 Å². The SMILES string of the molecule is CCCc1nc2ccc(-c3nc4cc(C(F)(F)F)ccc4n3C)cc2n1-c1ccc(-c2ccccc2)c(C(=O)O)c1C. The Kier molecular flexibility index (Phi) is 6.60. The van der Waals surface area contributed by atoms with Gasteiger partial charge in [0.05, 0.1) is 38.9 Å². The first kappa shape index (κ1) is 27.3. The van der Waals surface area contributed by atoms with E-state index in [4.69, 9.17) is 4.98 Å². The molecule has 0 radical (unpaired) electrons. The van der Waals surface area contributed by atoms with Crippen LogP contribution in [0.2, 0.25) is 0 Å². The Morgan fingerprint density at radius 2 is 1.64 bits per heavy atom. The van der Waals surface area contributed by atoms with Crippen LogP contribution in [0.3, 0.4) is 0 Å². The van der Waals surface area contributed by atoms with Gasteiger partial charge in [-0.15, -0.1) is 0 Å².